The van der Waals surface area contributed by atoms with Crippen molar-refractivity contribution in [2.75, 3.05) is 11.9 Å². The van der Waals surface area contributed by atoms with Gasteiger partial charge in [0.1, 0.15) is 11.6 Å². The predicted octanol–water partition coefficient (Wildman–Crippen LogP) is 4.05. The van der Waals surface area contributed by atoms with Crippen LogP contribution in [0.5, 0.6) is 0 Å². The molecule has 3 rings (SSSR count). The lowest BCUT2D eigenvalue weighted by Crippen LogP contribution is -2.07. The average molecular weight is 376 g/mol. The van der Waals surface area contributed by atoms with E-state index in [-0.39, 0.29) is 28.8 Å². The Hall–Kier alpha value is -3.00. The highest BCUT2D eigenvalue weighted by Crippen LogP contribution is 2.33. The number of oxazole rings is 1. The Morgan fingerprint density at radius 2 is 1.81 bits per heavy atom. The zero-order valence-electron chi connectivity index (χ0n) is 13.4. The minimum absolute atomic E-state index is 0.0229. The van der Waals surface area contributed by atoms with Crippen LogP contribution in [-0.2, 0) is 9.84 Å². The largest absolute Gasteiger partial charge is 0.419 e. The number of hydrogen-bond acceptors (Lipinski definition) is 5. The maximum atomic E-state index is 14.0. The second-order valence-electron chi connectivity index (χ2n) is 5.26. The quantitative estimate of drug-likeness (QED) is 0.519. The van der Waals surface area contributed by atoms with Gasteiger partial charge in [0.2, 0.25) is 26.6 Å². The topological polar surface area (TPSA) is 72.2 Å². The molecule has 1 N–H and O–H groups in total. The molecule has 0 saturated heterocycles. The van der Waals surface area contributed by atoms with Crippen molar-refractivity contribution in [1.82, 2.24) is 4.98 Å². The summed E-state index contributed by atoms with van der Waals surface area (Å²) >= 11 is 0. The Bertz CT molecular complexity index is 1040. The molecule has 8 heteroatoms. The molecule has 1 heterocycles. The SMILES string of the molecule is C=CCNc1oc(-c2ccccc2F)nc1S(=O)(=O)c1ccc(F)cc1. The van der Waals surface area contributed by atoms with E-state index in [1.54, 1.807) is 6.07 Å². The third kappa shape index (κ3) is 3.36. The van der Waals surface area contributed by atoms with Crippen LogP contribution in [0.25, 0.3) is 11.5 Å². The number of nitrogens with zero attached hydrogens (tertiary/aromatic N) is 1. The van der Waals surface area contributed by atoms with Crippen molar-refractivity contribution in [1.29, 1.82) is 0 Å². The molecule has 5 nitrogen and oxygen atoms in total. The second-order valence-corrected chi connectivity index (χ2v) is 7.13. The molecule has 0 aliphatic rings. The molecule has 0 radical (unpaired) electrons. The number of halogens is 2. The lowest BCUT2D eigenvalue weighted by Gasteiger charge is -2.04. The molecule has 0 aliphatic carbocycles. The molecule has 0 saturated carbocycles. The highest BCUT2D eigenvalue weighted by atomic mass is 32.2. The molecule has 26 heavy (non-hydrogen) atoms. The maximum Gasteiger partial charge on any atom is 0.234 e. The standard InChI is InChI=1S/C18H14F2N2O3S/c1-2-11-21-17-18(26(23,24)13-9-7-12(19)8-10-13)22-16(25-17)14-5-3-4-6-15(14)20/h2-10,21H,1,11H2. The first kappa shape index (κ1) is 17.8. The van der Waals surface area contributed by atoms with Gasteiger partial charge in [0.25, 0.3) is 0 Å². The molecule has 3 aromatic rings. The Balaban J connectivity index is 2.14. The van der Waals surface area contributed by atoms with E-state index in [2.05, 4.69) is 16.9 Å². The van der Waals surface area contributed by atoms with Gasteiger partial charge in [0.05, 0.1) is 10.5 Å². The summed E-state index contributed by atoms with van der Waals surface area (Å²) in [6.45, 7) is 3.75. The maximum absolute atomic E-state index is 14.0. The van der Waals surface area contributed by atoms with Gasteiger partial charge in [0, 0.05) is 6.54 Å². The van der Waals surface area contributed by atoms with Gasteiger partial charge in [-0.2, -0.15) is 4.98 Å². The Kier molecular flexibility index (Phi) is 4.85. The summed E-state index contributed by atoms with van der Waals surface area (Å²) in [6, 6.07) is 10.0. The van der Waals surface area contributed by atoms with Crippen molar-refractivity contribution < 1.29 is 21.6 Å². The van der Waals surface area contributed by atoms with Gasteiger partial charge in [0.15, 0.2) is 0 Å². The summed E-state index contributed by atoms with van der Waals surface area (Å²) in [5.74, 6) is -1.50. The highest BCUT2D eigenvalue weighted by molar-refractivity contribution is 7.91. The number of aromatic nitrogens is 1. The first-order chi connectivity index (χ1) is 12.4. The van der Waals surface area contributed by atoms with E-state index >= 15 is 0 Å². The van der Waals surface area contributed by atoms with Gasteiger partial charge in [-0.1, -0.05) is 18.2 Å². The molecular weight excluding hydrogens is 362 g/mol. The summed E-state index contributed by atoms with van der Waals surface area (Å²) in [4.78, 5) is 3.82. The number of sulfone groups is 1. The number of benzene rings is 2. The van der Waals surface area contributed by atoms with Gasteiger partial charge < -0.3 is 9.73 Å². The first-order valence-electron chi connectivity index (χ1n) is 7.54. The Morgan fingerprint density at radius 1 is 1.12 bits per heavy atom. The Labute approximate surface area is 148 Å². The lowest BCUT2D eigenvalue weighted by molar-refractivity contribution is 0.569. The zero-order valence-corrected chi connectivity index (χ0v) is 14.3. The fraction of sp³-hybridized carbons (Fsp3) is 0.0556. The molecule has 0 amide bonds. The molecule has 0 atom stereocenters. The monoisotopic (exact) mass is 376 g/mol. The molecule has 2 aromatic carbocycles. The van der Waals surface area contributed by atoms with Crippen molar-refractivity contribution in [3.8, 4) is 11.5 Å². The molecule has 0 fully saturated rings. The summed E-state index contributed by atoms with van der Waals surface area (Å²) in [5.41, 5.74) is 0.0229. The summed E-state index contributed by atoms with van der Waals surface area (Å²) in [6.07, 6.45) is 1.50. The average Bonchev–Trinajstić information content (AvgIpc) is 3.05. The Morgan fingerprint density at radius 3 is 2.46 bits per heavy atom. The van der Waals surface area contributed by atoms with Crippen LogP contribution in [0.15, 0.2) is 75.5 Å². The van der Waals surface area contributed by atoms with Crippen molar-refractivity contribution in [2.24, 2.45) is 0 Å². The summed E-state index contributed by atoms with van der Waals surface area (Å²) in [7, 11) is -4.11. The van der Waals surface area contributed by atoms with Gasteiger partial charge in [-0.05, 0) is 36.4 Å². The molecular formula is C18H14F2N2O3S. The van der Waals surface area contributed by atoms with E-state index in [0.717, 1.165) is 24.3 Å². The summed E-state index contributed by atoms with van der Waals surface area (Å²) < 4.78 is 58.3. The van der Waals surface area contributed by atoms with Crippen molar-refractivity contribution in [3.05, 3.63) is 72.8 Å². The molecule has 0 unspecified atom stereocenters. The van der Waals surface area contributed by atoms with Gasteiger partial charge in [-0.25, -0.2) is 17.2 Å². The van der Waals surface area contributed by atoms with Gasteiger partial charge >= 0.3 is 0 Å². The van der Waals surface area contributed by atoms with E-state index < -0.39 is 26.5 Å². The van der Waals surface area contributed by atoms with Crippen molar-refractivity contribution in [2.45, 2.75) is 9.92 Å². The minimum Gasteiger partial charge on any atom is -0.419 e. The summed E-state index contributed by atoms with van der Waals surface area (Å²) in [5, 5.41) is 2.32. The van der Waals surface area contributed by atoms with Crippen LogP contribution in [0.3, 0.4) is 0 Å². The van der Waals surface area contributed by atoms with Crippen molar-refractivity contribution in [3.63, 3.8) is 0 Å². The first-order valence-corrected chi connectivity index (χ1v) is 9.03. The van der Waals surface area contributed by atoms with Crippen molar-refractivity contribution >= 4 is 15.7 Å². The van der Waals surface area contributed by atoms with Gasteiger partial charge in [-0.15, -0.1) is 6.58 Å². The molecule has 0 bridgehead atoms. The number of hydrogen-bond donors (Lipinski definition) is 1. The van der Waals surface area contributed by atoms with Crippen LogP contribution in [0.1, 0.15) is 0 Å². The van der Waals surface area contributed by atoms with Crippen LogP contribution < -0.4 is 5.32 Å². The number of anilines is 1. The van der Waals surface area contributed by atoms with Crippen LogP contribution in [-0.4, -0.2) is 19.9 Å². The smallest absolute Gasteiger partial charge is 0.234 e. The van der Waals surface area contributed by atoms with Crippen LogP contribution in [0.2, 0.25) is 0 Å². The van der Waals surface area contributed by atoms with E-state index in [4.69, 9.17) is 4.42 Å². The zero-order chi connectivity index (χ0) is 18.7. The van der Waals surface area contributed by atoms with Crippen LogP contribution >= 0.6 is 0 Å². The fourth-order valence-corrected chi connectivity index (χ4v) is 3.52. The molecule has 134 valence electrons. The molecule has 0 spiro atoms. The third-order valence-electron chi connectivity index (χ3n) is 3.49. The second kappa shape index (κ2) is 7.09. The van der Waals surface area contributed by atoms with Crippen LogP contribution in [0, 0.1) is 11.6 Å². The van der Waals surface area contributed by atoms with E-state index in [0.29, 0.717) is 0 Å². The molecule has 0 aliphatic heterocycles. The van der Waals surface area contributed by atoms with Gasteiger partial charge in [-0.3, -0.25) is 0 Å². The predicted molar refractivity (Wildman–Crippen MR) is 92.4 cm³/mol. The minimum atomic E-state index is -4.11. The van der Waals surface area contributed by atoms with Crippen LogP contribution in [0.4, 0.5) is 14.7 Å². The van der Waals surface area contributed by atoms with E-state index in [9.17, 15) is 17.2 Å². The lowest BCUT2D eigenvalue weighted by atomic mass is 10.2. The molecule has 1 aromatic heterocycles. The third-order valence-corrected chi connectivity index (χ3v) is 5.16. The number of rotatable bonds is 6. The normalized spacial score (nSPS) is 11.3. The fourth-order valence-electron chi connectivity index (χ4n) is 2.24. The number of nitrogens with one attached hydrogen (secondary N) is 1. The van der Waals surface area contributed by atoms with E-state index in [1.165, 1.54) is 24.3 Å². The highest BCUT2D eigenvalue weighted by Gasteiger charge is 2.29. The van der Waals surface area contributed by atoms with E-state index in [1.807, 2.05) is 0 Å².